The van der Waals surface area contributed by atoms with Gasteiger partial charge in [-0.2, -0.15) is 0 Å². The van der Waals surface area contributed by atoms with E-state index in [-0.39, 0.29) is 317 Å². The van der Waals surface area contributed by atoms with Crippen molar-refractivity contribution in [2.75, 3.05) is 24.6 Å². The van der Waals surface area contributed by atoms with Crippen LogP contribution in [0.5, 0.6) is 0 Å². The molecule has 4 atom stereocenters. The van der Waals surface area contributed by atoms with Crippen LogP contribution in [0.3, 0.4) is 0 Å². The maximum Gasteiger partial charge on any atom is 0 e. The van der Waals surface area contributed by atoms with Gasteiger partial charge >= 0.3 is 0 Å². The van der Waals surface area contributed by atoms with Gasteiger partial charge in [0.15, 0.2) is 0 Å². The van der Waals surface area contributed by atoms with Crippen LogP contribution in [0.25, 0.3) is 0 Å². The predicted octanol–water partition coefficient (Wildman–Crippen LogP) is 2.75. The second-order valence-electron chi connectivity index (χ2n) is 1.15. The Kier molecular flexibility index (Phi) is 386. The Bertz CT molecular complexity index is 35.5. The molecule has 0 rings (SSSR count). The van der Waals surface area contributed by atoms with E-state index in [4.69, 9.17) is 0 Å². The summed E-state index contributed by atoms with van der Waals surface area (Å²) in [6.45, 7) is 0. The van der Waals surface area contributed by atoms with E-state index >= 15 is 0 Å². The third-order valence-electron chi connectivity index (χ3n) is 0.333. The van der Waals surface area contributed by atoms with Crippen molar-refractivity contribution in [1.29, 1.82) is 0 Å². The van der Waals surface area contributed by atoms with E-state index in [1.165, 1.54) is 24.6 Å². The van der Waals surface area contributed by atoms with Crippen molar-refractivity contribution in [1.82, 2.24) is 0 Å². The van der Waals surface area contributed by atoms with Gasteiger partial charge in [-0.25, -0.2) is 0 Å². The third-order valence-corrected chi connectivity index (χ3v) is 3.00. The SMILES string of the molecule is C.C.PCCP.PCCP.[Ar].[Ar].[Ar].[Ar].[Ar].[Ar].[Ar].[Ar]. The first-order valence-electron chi connectivity index (χ1n) is 2.63. The topological polar surface area (TPSA) is 0 Å². The quantitative estimate of drug-likeness (QED) is 0.474. The van der Waals surface area contributed by atoms with Gasteiger partial charge in [0, 0.05) is 302 Å². The Balaban J connectivity index is -0.00000000257. The second-order valence-corrected chi connectivity index (χ2v) is 3.46. The molecule has 4 unspecified atom stereocenters. The molecule has 0 aromatic rings. The zero-order valence-electron chi connectivity index (χ0n) is 7.97. The zero-order valence-corrected chi connectivity index (χ0v) is 18.2. The van der Waals surface area contributed by atoms with Gasteiger partial charge in [-0.15, -0.1) is 37.0 Å². The van der Waals surface area contributed by atoms with E-state index < -0.39 is 0 Å². The fourth-order valence-electron chi connectivity index (χ4n) is 0. The fourth-order valence-corrected chi connectivity index (χ4v) is 0. The summed E-state index contributed by atoms with van der Waals surface area (Å²) in [5, 5.41) is 0. The number of hydrogen-bond acceptors (Lipinski definition) is 0. The summed E-state index contributed by atoms with van der Waals surface area (Å²) in [7, 11) is 10.5. The summed E-state index contributed by atoms with van der Waals surface area (Å²) in [6.07, 6.45) is 4.80. The molecule has 0 aliphatic heterocycles. The Labute approximate surface area is 366 Å². The van der Waals surface area contributed by atoms with Crippen molar-refractivity contribution >= 4 is 37.0 Å². The first kappa shape index (κ1) is 78.0. The van der Waals surface area contributed by atoms with E-state index in [1.807, 2.05) is 0 Å². The smallest absolute Gasteiger partial charge is 0 e. The number of hydrogen-bond donors (Lipinski definition) is 0. The Morgan fingerprint density at radius 3 is 0.389 bits per heavy atom. The average molecular weight is 540 g/mol. The van der Waals surface area contributed by atoms with Crippen molar-refractivity contribution in [3.8, 4) is 0 Å². The summed E-state index contributed by atoms with van der Waals surface area (Å²) in [6, 6.07) is 0. The van der Waals surface area contributed by atoms with Gasteiger partial charge in [-0.05, 0) is 24.6 Å². The van der Waals surface area contributed by atoms with E-state index in [2.05, 4.69) is 37.0 Å². The van der Waals surface area contributed by atoms with E-state index in [1.54, 1.807) is 0 Å². The molecule has 12 heteroatoms. The van der Waals surface area contributed by atoms with Crippen LogP contribution in [0.1, 0.15) is 14.9 Å². The number of rotatable bonds is 2. The predicted molar refractivity (Wildman–Crippen MR) is 71.8 cm³/mol. The zero-order chi connectivity index (χ0) is 6.83. The van der Waals surface area contributed by atoms with Crippen LogP contribution in [0.2, 0.25) is 0 Å². The normalized spacial score (nSPS) is 3.33. The van der Waals surface area contributed by atoms with E-state index in [0.717, 1.165) is 0 Å². The van der Waals surface area contributed by atoms with Crippen LogP contribution in [-0.4, -0.2) is 24.6 Å². The molecule has 0 aliphatic carbocycles. The van der Waals surface area contributed by atoms with Crippen molar-refractivity contribution < 1.29 is 302 Å². The van der Waals surface area contributed by atoms with Crippen LogP contribution in [0, 0.1) is 302 Å². The molecule has 0 radical (unpaired) electrons. The van der Waals surface area contributed by atoms with E-state index in [0.29, 0.717) is 0 Å². The molecule has 0 aromatic heterocycles. The van der Waals surface area contributed by atoms with E-state index in [9.17, 15) is 0 Å². The van der Waals surface area contributed by atoms with Crippen molar-refractivity contribution in [2.45, 2.75) is 14.9 Å². The van der Waals surface area contributed by atoms with Crippen LogP contribution < -0.4 is 0 Å². The molecule has 0 nitrogen and oxygen atoms in total. The Morgan fingerprint density at radius 1 is 0.333 bits per heavy atom. The molecule has 0 fully saturated rings. The minimum absolute atomic E-state index is 0. The molecule has 18 heavy (non-hydrogen) atoms. The molecular formula is C6H24Ar8P4. The van der Waals surface area contributed by atoms with Gasteiger partial charge in [0.05, 0.1) is 0 Å². The summed E-state index contributed by atoms with van der Waals surface area (Å²) in [4.78, 5) is 0. The maximum atomic E-state index is 2.63. The van der Waals surface area contributed by atoms with Crippen LogP contribution in [0.4, 0.5) is 0 Å². The summed E-state index contributed by atoms with van der Waals surface area (Å²) >= 11 is 0. The molecule has 0 bridgehead atoms. The Morgan fingerprint density at radius 2 is 0.389 bits per heavy atom. The van der Waals surface area contributed by atoms with Gasteiger partial charge < -0.3 is 0 Å². The summed E-state index contributed by atoms with van der Waals surface area (Å²) in [5.74, 6) is 0. The minimum Gasteiger partial charge on any atom is -0.137 e. The standard InChI is InChI=1S/2C2H8P2.2CH4.8Ar/c2*3-1-2-4;;;;;;;;;;/h2*1-4H2;2*1H4;;;;;;;;. The van der Waals surface area contributed by atoms with Crippen LogP contribution in [0.15, 0.2) is 0 Å². The first-order chi connectivity index (χ1) is 3.83. The minimum atomic E-state index is 0. The van der Waals surface area contributed by atoms with Gasteiger partial charge in [0.2, 0.25) is 0 Å². The van der Waals surface area contributed by atoms with Gasteiger partial charge in [0.25, 0.3) is 0 Å². The molecule has 0 heterocycles. The summed E-state index contributed by atoms with van der Waals surface area (Å²) in [5.41, 5.74) is 0. The monoisotopic (exact) mass is 540 g/mol. The molecule has 0 saturated heterocycles. The van der Waals surface area contributed by atoms with Crippen LogP contribution >= 0.6 is 37.0 Å². The third kappa shape index (κ3) is 105. The maximum absolute atomic E-state index is 2.63. The van der Waals surface area contributed by atoms with Gasteiger partial charge in [-0.3, -0.25) is 0 Å². The largest absolute Gasteiger partial charge is 0.137 e. The second kappa shape index (κ2) is 89.2. The summed E-state index contributed by atoms with van der Waals surface area (Å²) < 4.78 is 0. The average Bonchev–Trinajstić information content (AvgIpc) is 1.88. The molecule has 0 aliphatic rings. The fraction of sp³-hybridized carbons (Fsp3) is 1.00. The molecule has 0 aromatic carbocycles. The van der Waals surface area contributed by atoms with Crippen molar-refractivity contribution in [3.63, 3.8) is 0 Å². The van der Waals surface area contributed by atoms with Crippen molar-refractivity contribution in [3.05, 3.63) is 0 Å². The molecule has 0 N–H and O–H groups in total. The van der Waals surface area contributed by atoms with Gasteiger partial charge in [-0.1, -0.05) is 14.9 Å². The Hall–Kier alpha value is 11.8. The van der Waals surface area contributed by atoms with Crippen LogP contribution in [-0.2, 0) is 0 Å². The first-order valence-corrected chi connectivity index (χ1v) is 5.90. The molecule has 0 spiro atoms. The molecule has 0 amide bonds. The van der Waals surface area contributed by atoms with Crippen molar-refractivity contribution in [2.24, 2.45) is 0 Å². The molecule has 0 saturated carbocycles. The molecular weight excluding hydrogens is 516 g/mol. The van der Waals surface area contributed by atoms with Gasteiger partial charge in [0.1, 0.15) is 0 Å². The molecule has 132 valence electrons.